The molecule has 0 aliphatic carbocycles. The molecule has 6 nitrogen and oxygen atoms in total. The highest BCUT2D eigenvalue weighted by Crippen LogP contribution is 2.14. The van der Waals surface area contributed by atoms with Crippen molar-refractivity contribution in [3.05, 3.63) is 36.0 Å². The van der Waals surface area contributed by atoms with Crippen LogP contribution in [0.4, 0.5) is 6.01 Å². The number of rotatable bonds is 5. The Kier molecular flexibility index (Phi) is 4.34. The molecule has 20 heavy (non-hydrogen) atoms. The Morgan fingerprint density at radius 2 is 2.10 bits per heavy atom. The van der Waals surface area contributed by atoms with Crippen molar-refractivity contribution in [3.63, 3.8) is 0 Å². The monoisotopic (exact) mass is 275 g/mol. The summed E-state index contributed by atoms with van der Waals surface area (Å²) in [5.41, 5.74) is 1.12. The predicted octanol–water partition coefficient (Wildman–Crippen LogP) is 1.99. The van der Waals surface area contributed by atoms with Crippen LogP contribution in [0.1, 0.15) is 32.2 Å². The molecule has 0 bridgehead atoms. The summed E-state index contributed by atoms with van der Waals surface area (Å²) < 4.78 is 5.63. The van der Waals surface area contributed by atoms with Crippen LogP contribution in [0.2, 0.25) is 0 Å². The SMILES string of the molecule is CN(Cc1cccnc1)c1nnc(CNC(C)(C)C)o1. The van der Waals surface area contributed by atoms with Crippen molar-refractivity contribution in [2.45, 2.75) is 39.4 Å². The second kappa shape index (κ2) is 6.00. The Morgan fingerprint density at radius 3 is 2.75 bits per heavy atom. The molecule has 0 saturated carbocycles. The van der Waals surface area contributed by atoms with Crippen molar-refractivity contribution >= 4 is 6.01 Å². The lowest BCUT2D eigenvalue weighted by Gasteiger charge is -2.18. The molecule has 0 fully saturated rings. The van der Waals surface area contributed by atoms with Crippen molar-refractivity contribution in [1.29, 1.82) is 0 Å². The van der Waals surface area contributed by atoms with E-state index in [1.165, 1.54) is 0 Å². The Bertz CT molecular complexity index is 532. The molecule has 2 aromatic rings. The van der Waals surface area contributed by atoms with E-state index in [0.717, 1.165) is 5.56 Å². The topological polar surface area (TPSA) is 67.1 Å². The maximum atomic E-state index is 5.63. The summed E-state index contributed by atoms with van der Waals surface area (Å²) in [5.74, 6) is 0.591. The summed E-state index contributed by atoms with van der Waals surface area (Å²) in [7, 11) is 1.92. The van der Waals surface area contributed by atoms with Gasteiger partial charge in [0, 0.05) is 31.5 Å². The molecule has 0 amide bonds. The van der Waals surface area contributed by atoms with E-state index in [1.54, 1.807) is 6.20 Å². The molecule has 0 radical (unpaired) electrons. The van der Waals surface area contributed by atoms with E-state index in [1.807, 2.05) is 30.3 Å². The first-order valence-corrected chi connectivity index (χ1v) is 6.61. The summed E-state index contributed by atoms with van der Waals surface area (Å²) in [5, 5.41) is 11.4. The van der Waals surface area contributed by atoms with Crippen molar-refractivity contribution in [3.8, 4) is 0 Å². The van der Waals surface area contributed by atoms with E-state index in [0.29, 0.717) is 25.0 Å². The van der Waals surface area contributed by atoms with E-state index in [9.17, 15) is 0 Å². The van der Waals surface area contributed by atoms with Crippen LogP contribution in [-0.2, 0) is 13.1 Å². The zero-order valence-electron chi connectivity index (χ0n) is 12.4. The summed E-state index contributed by atoms with van der Waals surface area (Å²) >= 11 is 0. The van der Waals surface area contributed by atoms with Crippen LogP contribution < -0.4 is 10.2 Å². The molecule has 0 aliphatic rings. The van der Waals surface area contributed by atoms with Gasteiger partial charge in [0.15, 0.2) is 0 Å². The Morgan fingerprint density at radius 1 is 1.30 bits per heavy atom. The molecular weight excluding hydrogens is 254 g/mol. The maximum absolute atomic E-state index is 5.63. The second-order valence-corrected chi connectivity index (χ2v) is 5.80. The third kappa shape index (κ3) is 4.31. The van der Waals surface area contributed by atoms with Crippen LogP contribution in [0.25, 0.3) is 0 Å². The largest absolute Gasteiger partial charge is 0.407 e. The zero-order chi connectivity index (χ0) is 14.6. The molecule has 0 atom stereocenters. The number of hydrogen-bond acceptors (Lipinski definition) is 6. The fourth-order valence-electron chi connectivity index (χ4n) is 1.64. The third-order valence-electron chi connectivity index (χ3n) is 2.70. The minimum atomic E-state index is 0.0241. The molecule has 6 heteroatoms. The summed E-state index contributed by atoms with van der Waals surface area (Å²) in [6, 6.07) is 4.44. The number of nitrogens with one attached hydrogen (secondary N) is 1. The first kappa shape index (κ1) is 14.5. The Hall–Kier alpha value is -1.95. The van der Waals surface area contributed by atoms with Crippen molar-refractivity contribution in [2.24, 2.45) is 0 Å². The van der Waals surface area contributed by atoms with Gasteiger partial charge in [-0.1, -0.05) is 11.2 Å². The molecule has 0 aliphatic heterocycles. The number of pyridine rings is 1. The zero-order valence-corrected chi connectivity index (χ0v) is 12.4. The van der Waals surface area contributed by atoms with Crippen LogP contribution in [0, 0.1) is 0 Å². The van der Waals surface area contributed by atoms with E-state index in [-0.39, 0.29) is 5.54 Å². The minimum Gasteiger partial charge on any atom is -0.407 e. The first-order chi connectivity index (χ1) is 9.44. The van der Waals surface area contributed by atoms with E-state index in [2.05, 4.69) is 41.3 Å². The minimum absolute atomic E-state index is 0.0241. The van der Waals surface area contributed by atoms with Gasteiger partial charge in [-0.15, -0.1) is 5.10 Å². The number of anilines is 1. The molecule has 1 N–H and O–H groups in total. The van der Waals surface area contributed by atoms with Gasteiger partial charge in [-0.2, -0.15) is 0 Å². The average molecular weight is 275 g/mol. The highest BCUT2D eigenvalue weighted by atomic mass is 16.4. The summed E-state index contributed by atoms with van der Waals surface area (Å²) in [4.78, 5) is 6.00. The van der Waals surface area contributed by atoms with Crippen molar-refractivity contribution in [1.82, 2.24) is 20.5 Å². The van der Waals surface area contributed by atoms with Crippen LogP contribution in [0.3, 0.4) is 0 Å². The van der Waals surface area contributed by atoms with E-state index in [4.69, 9.17) is 4.42 Å². The molecule has 0 saturated heterocycles. The first-order valence-electron chi connectivity index (χ1n) is 6.61. The Balaban J connectivity index is 1.94. The summed E-state index contributed by atoms with van der Waals surface area (Å²) in [6.07, 6.45) is 3.58. The average Bonchev–Trinajstić information content (AvgIpc) is 2.86. The van der Waals surface area contributed by atoms with Crippen LogP contribution in [-0.4, -0.2) is 27.8 Å². The standard InChI is InChI=1S/C14H21N5O/c1-14(2,3)16-9-12-17-18-13(20-12)19(4)10-11-6-5-7-15-8-11/h5-8,16H,9-10H2,1-4H3. The predicted molar refractivity (Wildman–Crippen MR) is 77.2 cm³/mol. The lowest BCUT2D eigenvalue weighted by Crippen LogP contribution is -2.35. The molecule has 2 heterocycles. The smallest absolute Gasteiger partial charge is 0.318 e. The number of hydrogen-bond donors (Lipinski definition) is 1. The molecule has 0 unspecified atom stereocenters. The highest BCUT2D eigenvalue weighted by Gasteiger charge is 2.14. The van der Waals surface area contributed by atoms with Gasteiger partial charge < -0.3 is 14.6 Å². The quantitative estimate of drug-likeness (QED) is 0.900. The van der Waals surface area contributed by atoms with Crippen LogP contribution in [0.15, 0.2) is 28.9 Å². The van der Waals surface area contributed by atoms with Crippen LogP contribution in [0.5, 0.6) is 0 Å². The van der Waals surface area contributed by atoms with Gasteiger partial charge >= 0.3 is 6.01 Å². The van der Waals surface area contributed by atoms with Crippen LogP contribution >= 0.6 is 0 Å². The summed E-state index contributed by atoms with van der Waals surface area (Å²) in [6.45, 7) is 7.54. The van der Waals surface area contributed by atoms with E-state index < -0.39 is 0 Å². The van der Waals surface area contributed by atoms with Crippen molar-refractivity contribution in [2.75, 3.05) is 11.9 Å². The fraction of sp³-hybridized carbons (Fsp3) is 0.500. The molecule has 2 rings (SSSR count). The third-order valence-corrected chi connectivity index (χ3v) is 2.70. The molecule has 0 aromatic carbocycles. The number of aromatic nitrogens is 3. The molecular formula is C14H21N5O. The maximum Gasteiger partial charge on any atom is 0.318 e. The molecule has 2 aromatic heterocycles. The van der Waals surface area contributed by atoms with Gasteiger partial charge in [0.1, 0.15) is 0 Å². The highest BCUT2D eigenvalue weighted by molar-refractivity contribution is 5.25. The molecule has 108 valence electrons. The van der Waals surface area contributed by atoms with Gasteiger partial charge in [0.2, 0.25) is 5.89 Å². The van der Waals surface area contributed by atoms with Gasteiger partial charge in [-0.05, 0) is 32.4 Å². The van der Waals surface area contributed by atoms with Crippen molar-refractivity contribution < 1.29 is 4.42 Å². The van der Waals surface area contributed by atoms with Gasteiger partial charge in [-0.25, -0.2) is 0 Å². The van der Waals surface area contributed by atoms with E-state index >= 15 is 0 Å². The fourth-order valence-corrected chi connectivity index (χ4v) is 1.64. The van der Waals surface area contributed by atoms with Gasteiger partial charge in [0.05, 0.1) is 6.54 Å². The lowest BCUT2D eigenvalue weighted by molar-refractivity contribution is 0.381. The molecule has 0 spiro atoms. The second-order valence-electron chi connectivity index (χ2n) is 5.80. The van der Waals surface area contributed by atoms with Gasteiger partial charge in [0.25, 0.3) is 0 Å². The Labute approximate surface area is 119 Å². The normalized spacial score (nSPS) is 11.6. The lowest BCUT2D eigenvalue weighted by atomic mass is 10.1. The van der Waals surface area contributed by atoms with Gasteiger partial charge in [-0.3, -0.25) is 4.98 Å². The number of nitrogens with zero attached hydrogens (tertiary/aromatic N) is 4.